The van der Waals surface area contributed by atoms with Gasteiger partial charge >= 0.3 is 0 Å². The predicted octanol–water partition coefficient (Wildman–Crippen LogP) is 6.88. The molecule has 3 heterocycles. The van der Waals surface area contributed by atoms with Gasteiger partial charge in [-0.3, -0.25) is 14.5 Å². The van der Waals surface area contributed by atoms with E-state index >= 15 is 4.39 Å². The van der Waals surface area contributed by atoms with Crippen LogP contribution in [0.2, 0.25) is 0 Å². The average Bonchev–Trinajstić information content (AvgIpc) is 3.47. The first-order chi connectivity index (χ1) is 25.3. The minimum absolute atomic E-state index is 0.0191. The molecular weight excluding hydrogens is 659 g/mol. The third-order valence-corrected chi connectivity index (χ3v) is 10.1. The van der Waals surface area contributed by atoms with E-state index in [9.17, 15) is 9.59 Å². The van der Waals surface area contributed by atoms with Crippen LogP contribution in [0.4, 0.5) is 10.1 Å². The summed E-state index contributed by atoms with van der Waals surface area (Å²) in [7, 11) is 3.21. The van der Waals surface area contributed by atoms with Gasteiger partial charge in [0.2, 0.25) is 0 Å². The molecule has 10 heteroatoms. The highest BCUT2D eigenvalue weighted by molar-refractivity contribution is 6.07. The Morgan fingerprint density at radius 1 is 0.904 bits per heavy atom. The van der Waals surface area contributed by atoms with Gasteiger partial charge in [0, 0.05) is 61.9 Å². The number of methoxy groups -OCH3 is 1. The van der Waals surface area contributed by atoms with Gasteiger partial charge < -0.3 is 29.0 Å². The molecule has 0 radical (unpaired) electrons. The van der Waals surface area contributed by atoms with Crippen LogP contribution in [0.15, 0.2) is 97.1 Å². The number of aromatic nitrogens is 1. The maximum absolute atomic E-state index is 15.5. The van der Waals surface area contributed by atoms with E-state index < -0.39 is 5.82 Å². The van der Waals surface area contributed by atoms with Crippen LogP contribution >= 0.6 is 0 Å². The molecule has 9 nitrogen and oxygen atoms in total. The summed E-state index contributed by atoms with van der Waals surface area (Å²) < 4.78 is 34.2. The second-order valence-electron chi connectivity index (χ2n) is 13.3. The number of hydrogen-bond donors (Lipinski definition) is 1. The second kappa shape index (κ2) is 15.4. The van der Waals surface area contributed by atoms with Crippen LogP contribution in [0.25, 0.3) is 11.3 Å². The first-order valence-corrected chi connectivity index (χ1v) is 17.6. The number of nitrogens with zero attached hydrogens (tertiary/aromatic N) is 3. The Hall–Kier alpha value is -5.45. The number of anilines is 1. The second-order valence-corrected chi connectivity index (χ2v) is 13.3. The fourth-order valence-electron chi connectivity index (χ4n) is 7.08. The molecule has 4 aromatic carbocycles. The molecule has 0 bridgehead atoms. The maximum atomic E-state index is 15.5. The van der Waals surface area contributed by atoms with Crippen molar-refractivity contribution in [3.8, 4) is 22.8 Å². The van der Waals surface area contributed by atoms with Crippen LogP contribution in [0.1, 0.15) is 43.1 Å². The van der Waals surface area contributed by atoms with Crippen molar-refractivity contribution >= 4 is 17.5 Å². The van der Waals surface area contributed by atoms with Gasteiger partial charge in [-0.2, -0.15) is 0 Å². The fourth-order valence-corrected chi connectivity index (χ4v) is 7.08. The number of carbonyl (C=O) groups is 2. The molecule has 2 aliphatic heterocycles. The van der Waals surface area contributed by atoms with E-state index in [0.29, 0.717) is 78.8 Å². The number of amides is 2. The topological polar surface area (TPSA) is 85.3 Å². The highest BCUT2D eigenvalue weighted by atomic mass is 19.1. The standard InChI is InChI=1S/C42H43FN4O5/c1-28-35(41(48)44-32-13-15-34(16-14-32)52-27-29-9-5-4-6-10-29)23-39(45(28)2)36-22-38(43)40(50-3)24-37(36)42(49)47-25-31-12-8-7-11-30(31)21-33(47)26-46-17-19-51-20-18-46/h4-16,22-24,33H,17-21,25-27H2,1-3H3,(H,44,48)/t33-/m0/s1. The molecule has 1 N–H and O–H groups in total. The van der Waals surface area contributed by atoms with Crippen molar-refractivity contribution in [2.24, 2.45) is 7.05 Å². The lowest BCUT2D eigenvalue weighted by atomic mass is 9.92. The van der Waals surface area contributed by atoms with Crippen molar-refractivity contribution in [3.05, 3.63) is 136 Å². The summed E-state index contributed by atoms with van der Waals surface area (Å²) in [5.74, 6) is -0.474. The molecule has 2 aliphatic rings. The molecule has 1 fully saturated rings. The SMILES string of the molecule is COc1cc(C(=O)N2Cc3ccccc3C[C@H]2CN2CCOCC2)c(-c2cc(C(=O)Nc3ccc(OCc4ccccc4)cc3)c(C)n2C)cc1F. The number of rotatable bonds is 10. The summed E-state index contributed by atoms with van der Waals surface area (Å²) in [4.78, 5) is 32.7. The van der Waals surface area contributed by atoms with E-state index in [-0.39, 0.29) is 23.6 Å². The number of morpholine rings is 1. The Morgan fingerprint density at radius 3 is 2.35 bits per heavy atom. The third-order valence-electron chi connectivity index (χ3n) is 10.1. The summed E-state index contributed by atoms with van der Waals surface area (Å²) in [6.45, 7) is 6.32. The third kappa shape index (κ3) is 7.44. The number of carbonyl (C=O) groups excluding carboxylic acids is 2. The summed E-state index contributed by atoms with van der Waals surface area (Å²) in [6.07, 6.45) is 0.709. The number of nitrogens with one attached hydrogen (secondary N) is 1. The van der Waals surface area contributed by atoms with E-state index in [1.165, 1.54) is 24.8 Å². The van der Waals surface area contributed by atoms with Crippen molar-refractivity contribution in [3.63, 3.8) is 0 Å². The molecule has 0 aliphatic carbocycles. The van der Waals surface area contributed by atoms with Gasteiger partial charge in [-0.1, -0.05) is 54.6 Å². The quantitative estimate of drug-likeness (QED) is 0.171. The number of ether oxygens (including phenoxy) is 3. The van der Waals surface area contributed by atoms with Gasteiger partial charge in [-0.15, -0.1) is 0 Å². The Bertz CT molecular complexity index is 2060. The summed E-state index contributed by atoms with van der Waals surface area (Å²) in [5, 5.41) is 2.97. The van der Waals surface area contributed by atoms with Crippen LogP contribution in [0.3, 0.4) is 0 Å². The zero-order chi connectivity index (χ0) is 36.2. The van der Waals surface area contributed by atoms with Crippen molar-refractivity contribution in [2.45, 2.75) is 32.5 Å². The summed E-state index contributed by atoms with van der Waals surface area (Å²) >= 11 is 0. The van der Waals surface area contributed by atoms with Crippen LogP contribution in [0, 0.1) is 12.7 Å². The lowest BCUT2D eigenvalue weighted by Crippen LogP contribution is -2.52. The van der Waals surface area contributed by atoms with Crippen molar-refractivity contribution < 1.29 is 28.2 Å². The van der Waals surface area contributed by atoms with E-state index in [1.807, 2.05) is 78.0 Å². The van der Waals surface area contributed by atoms with Crippen LogP contribution in [-0.4, -0.2) is 72.2 Å². The number of fused-ring (bicyclic) bond motifs is 1. The van der Waals surface area contributed by atoms with Crippen molar-refractivity contribution in [2.75, 3.05) is 45.3 Å². The first-order valence-electron chi connectivity index (χ1n) is 17.6. The normalized spacial score (nSPS) is 15.9. The fraction of sp³-hybridized carbons (Fsp3) is 0.286. The van der Waals surface area contributed by atoms with Gasteiger partial charge in [-0.25, -0.2) is 4.39 Å². The number of benzene rings is 4. The van der Waals surface area contributed by atoms with E-state index in [4.69, 9.17) is 14.2 Å². The molecule has 0 spiro atoms. The zero-order valence-electron chi connectivity index (χ0n) is 29.7. The highest BCUT2D eigenvalue weighted by Gasteiger charge is 2.34. The van der Waals surface area contributed by atoms with Crippen LogP contribution in [-0.2, 0) is 31.4 Å². The molecule has 52 heavy (non-hydrogen) atoms. The van der Waals surface area contributed by atoms with Gasteiger partial charge in [0.1, 0.15) is 12.4 Å². The number of halogens is 1. The molecule has 1 saturated heterocycles. The highest BCUT2D eigenvalue weighted by Crippen LogP contribution is 2.35. The Kier molecular flexibility index (Phi) is 10.4. The average molecular weight is 703 g/mol. The molecule has 1 atom stereocenters. The molecular formula is C42H43FN4O5. The van der Waals surface area contributed by atoms with Gasteiger partial charge in [0.05, 0.1) is 31.5 Å². The molecule has 0 saturated carbocycles. The molecule has 7 rings (SSSR count). The van der Waals surface area contributed by atoms with E-state index in [0.717, 1.165) is 24.2 Å². The van der Waals surface area contributed by atoms with E-state index in [1.54, 1.807) is 18.2 Å². The Labute approximate surface area is 303 Å². The molecule has 0 unspecified atom stereocenters. The summed E-state index contributed by atoms with van der Waals surface area (Å²) in [6, 6.07) is 29.8. The van der Waals surface area contributed by atoms with Gasteiger partial charge in [0.25, 0.3) is 11.8 Å². The molecule has 1 aromatic heterocycles. The molecule has 268 valence electrons. The van der Waals surface area contributed by atoms with Gasteiger partial charge in [-0.05, 0) is 72.5 Å². The lowest BCUT2D eigenvalue weighted by Gasteiger charge is -2.40. The van der Waals surface area contributed by atoms with Crippen LogP contribution < -0.4 is 14.8 Å². The van der Waals surface area contributed by atoms with Crippen LogP contribution in [0.5, 0.6) is 11.5 Å². The Balaban J connectivity index is 1.16. The van der Waals surface area contributed by atoms with Crippen molar-refractivity contribution in [1.82, 2.24) is 14.4 Å². The molecule has 2 amide bonds. The summed E-state index contributed by atoms with van der Waals surface area (Å²) in [5.41, 5.74) is 6.30. The zero-order valence-corrected chi connectivity index (χ0v) is 29.7. The number of hydrogen-bond acceptors (Lipinski definition) is 6. The largest absolute Gasteiger partial charge is 0.494 e. The Morgan fingerprint density at radius 2 is 1.62 bits per heavy atom. The monoisotopic (exact) mass is 702 g/mol. The van der Waals surface area contributed by atoms with Crippen molar-refractivity contribution in [1.29, 1.82) is 0 Å². The molecule has 5 aromatic rings. The smallest absolute Gasteiger partial charge is 0.257 e. The lowest BCUT2D eigenvalue weighted by molar-refractivity contribution is 0.0193. The minimum atomic E-state index is -0.595. The first kappa shape index (κ1) is 35.0. The van der Waals surface area contributed by atoms with Gasteiger partial charge in [0.15, 0.2) is 11.6 Å². The predicted molar refractivity (Wildman–Crippen MR) is 198 cm³/mol. The maximum Gasteiger partial charge on any atom is 0.257 e. The van der Waals surface area contributed by atoms with E-state index in [2.05, 4.69) is 22.3 Å². The minimum Gasteiger partial charge on any atom is -0.494 e.